The number of rotatable bonds is 4. The van der Waals surface area contributed by atoms with Crippen LogP contribution < -0.4 is 5.56 Å². The van der Waals surface area contributed by atoms with E-state index >= 15 is 0 Å². The van der Waals surface area contributed by atoms with Crippen molar-refractivity contribution in [3.63, 3.8) is 0 Å². The summed E-state index contributed by atoms with van der Waals surface area (Å²) in [6, 6.07) is 13.8. The molecule has 0 radical (unpaired) electrons. The van der Waals surface area contributed by atoms with Gasteiger partial charge in [-0.05, 0) is 68.7 Å². The Morgan fingerprint density at radius 3 is 2.36 bits per heavy atom. The zero-order valence-corrected chi connectivity index (χ0v) is 18.9. The molecule has 5 rings (SSSR count). The summed E-state index contributed by atoms with van der Waals surface area (Å²) in [6.07, 6.45) is 8.48. The van der Waals surface area contributed by atoms with Gasteiger partial charge in [0.1, 0.15) is 5.60 Å². The third-order valence-electron chi connectivity index (χ3n) is 6.91. The summed E-state index contributed by atoms with van der Waals surface area (Å²) >= 11 is 0. The van der Waals surface area contributed by atoms with Gasteiger partial charge >= 0.3 is 6.09 Å². The Balaban J connectivity index is 1.35. The Kier molecular flexibility index (Phi) is 5.48. The minimum atomic E-state index is -0.585. The standard InChI is InChI=1S/C26H28N4O3/c1-26(2)22(18-7-4-3-5-8-18)30(25(32)33-26)20-11-9-17(10-12-20)19-15-21(24(31)29-16-19)23-27-13-6-14-28-23/h3-8,13-17,20,22H,9-12H2,1-2H3,(H,29,31). The van der Waals surface area contributed by atoms with Crippen molar-refractivity contribution in [3.05, 3.63) is 82.5 Å². The SMILES string of the molecule is CC1(C)OC(=O)N(C2CCC(c3c[nH]c(=O)c(-c4ncccn4)c3)CC2)C1c1ccccc1. The van der Waals surface area contributed by atoms with Crippen molar-refractivity contribution in [2.45, 2.75) is 63.1 Å². The van der Waals surface area contributed by atoms with Gasteiger partial charge in [0, 0.05) is 24.6 Å². The zero-order valence-electron chi connectivity index (χ0n) is 18.9. The molecule has 7 nitrogen and oxygen atoms in total. The van der Waals surface area contributed by atoms with Crippen LogP contribution in [0.2, 0.25) is 0 Å². The lowest BCUT2D eigenvalue weighted by atomic mass is 9.80. The zero-order chi connectivity index (χ0) is 23.0. The Morgan fingerprint density at radius 2 is 1.67 bits per heavy atom. The number of ether oxygens (including phenoxy) is 1. The number of carbonyl (C=O) groups is 1. The molecule has 1 saturated heterocycles. The number of cyclic esters (lactones) is 1. The van der Waals surface area contributed by atoms with Gasteiger partial charge in [-0.1, -0.05) is 30.3 Å². The topological polar surface area (TPSA) is 88.2 Å². The highest BCUT2D eigenvalue weighted by molar-refractivity contribution is 5.72. The molecule has 2 aromatic heterocycles. The molecular formula is C26H28N4O3. The quantitative estimate of drug-likeness (QED) is 0.623. The lowest BCUT2D eigenvalue weighted by Gasteiger charge is -2.38. The van der Waals surface area contributed by atoms with Gasteiger partial charge in [-0.15, -0.1) is 0 Å². The van der Waals surface area contributed by atoms with Crippen LogP contribution in [-0.4, -0.2) is 37.6 Å². The van der Waals surface area contributed by atoms with E-state index in [9.17, 15) is 9.59 Å². The number of aromatic nitrogens is 3. The lowest BCUT2D eigenvalue weighted by molar-refractivity contribution is 0.0664. The smallest absolute Gasteiger partial charge is 0.411 e. The molecule has 1 unspecified atom stereocenters. The molecule has 3 aromatic rings. The van der Waals surface area contributed by atoms with Gasteiger partial charge in [0.15, 0.2) is 5.82 Å². The van der Waals surface area contributed by atoms with Crippen molar-refractivity contribution in [2.24, 2.45) is 0 Å². The molecule has 1 aromatic carbocycles. The van der Waals surface area contributed by atoms with Crippen LogP contribution in [0, 0.1) is 0 Å². The predicted octanol–water partition coefficient (Wildman–Crippen LogP) is 4.83. The van der Waals surface area contributed by atoms with Crippen molar-refractivity contribution in [2.75, 3.05) is 0 Å². The van der Waals surface area contributed by atoms with Crippen LogP contribution in [0.15, 0.2) is 65.8 Å². The molecule has 1 amide bonds. The second-order valence-corrected chi connectivity index (χ2v) is 9.45. The molecule has 2 fully saturated rings. The first-order valence-corrected chi connectivity index (χ1v) is 11.5. The molecular weight excluding hydrogens is 416 g/mol. The molecule has 0 spiro atoms. The molecule has 0 bridgehead atoms. The van der Waals surface area contributed by atoms with E-state index in [1.165, 1.54) is 0 Å². The summed E-state index contributed by atoms with van der Waals surface area (Å²) in [4.78, 5) is 38.5. The number of benzene rings is 1. The number of nitrogens with zero attached hydrogens (tertiary/aromatic N) is 3. The average Bonchev–Trinajstić information content (AvgIpc) is 3.08. The molecule has 2 aliphatic rings. The third kappa shape index (κ3) is 4.03. The highest BCUT2D eigenvalue weighted by Crippen LogP contribution is 2.46. The van der Waals surface area contributed by atoms with Crippen LogP contribution in [0.5, 0.6) is 0 Å². The van der Waals surface area contributed by atoms with E-state index in [0.29, 0.717) is 17.3 Å². The number of nitrogens with one attached hydrogen (secondary N) is 1. The van der Waals surface area contributed by atoms with Crippen LogP contribution in [0.3, 0.4) is 0 Å². The van der Waals surface area contributed by atoms with Gasteiger partial charge < -0.3 is 9.72 Å². The molecule has 1 aliphatic carbocycles. The molecule has 1 atom stereocenters. The molecule has 1 aliphatic heterocycles. The second kappa shape index (κ2) is 8.46. The van der Waals surface area contributed by atoms with Gasteiger partial charge in [-0.2, -0.15) is 0 Å². The summed E-state index contributed by atoms with van der Waals surface area (Å²) in [5.74, 6) is 0.740. The first-order chi connectivity index (χ1) is 15.9. The molecule has 1 N–H and O–H groups in total. The molecule has 1 saturated carbocycles. The number of hydrogen-bond acceptors (Lipinski definition) is 5. The molecule has 33 heavy (non-hydrogen) atoms. The molecule has 7 heteroatoms. The van der Waals surface area contributed by atoms with Crippen molar-refractivity contribution in [3.8, 4) is 11.4 Å². The summed E-state index contributed by atoms with van der Waals surface area (Å²) in [6.45, 7) is 3.98. The summed E-state index contributed by atoms with van der Waals surface area (Å²) < 4.78 is 5.80. The average molecular weight is 445 g/mol. The van der Waals surface area contributed by atoms with E-state index in [-0.39, 0.29) is 23.7 Å². The highest BCUT2D eigenvalue weighted by Gasteiger charge is 2.51. The number of hydrogen-bond donors (Lipinski definition) is 1. The van der Waals surface area contributed by atoms with Crippen molar-refractivity contribution in [1.82, 2.24) is 19.9 Å². The van der Waals surface area contributed by atoms with Crippen molar-refractivity contribution < 1.29 is 9.53 Å². The van der Waals surface area contributed by atoms with Crippen LogP contribution in [0.25, 0.3) is 11.4 Å². The number of pyridine rings is 1. The van der Waals surface area contributed by atoms with E-state index in [2.05, 4.69) is 27.1 Å². The van der Waals surface area contributed by atoms with E-state index in [0.717, 1.165) is 36.8 Å². The fourth-order valence-corrected chi connectivity index (χ4v) is 5.36. The van der Waals surface area contributed by atoms with Crippen LogP contribution in [-0.2, 0) is 4.74 Å². The summed E-state index contributed by atoms with van der Waals surface area (Å²) in [7, 11) is 0. The number of aromatic amines is 1. The monoisotopic (exact) mass is 444 g/mol. The van der Waals surface area contributed by atoms with Crippen molar-refractivity contribution in [1.29, 1.82) is 0 Å². The second-order valence-electron chi connectivity index (χ2n) is 9.45. The Bertz CT molecular complexity index is 1180. The van der Waals surface area contributed by atoms with Crippen LogP contribution in [0.4, 0.5) is 4.79 Å². The van der Waals surface area contributed by atoms with E-state index in [1.54, 1.807) is 24.7 Å². The number of H-pyrrole nitrogens is 1. The van der Waals surface area contributed by atoms with Gasteiger partial charge in [0.05, 0.1) is 11.6 Å². The van der Waals surface area contributed by atoms with Gasteiger partial charge in [-0.25, -0.2) is 14.8 Å². The summed E-state index contributed by atoms with van der Waals surface area (Å²) in [5, 5.41) is 0. The maximum absolute atomic E-state index is 12.9. The van der Waals surface area contributed by atoms with Gasteiger partial charge in [-0.3, -0.25) is 9.69 Å². The van der Waals surface area contributed by atoms with Gasteiger partial charge in [0.2, 0.25) is 0 Å². The highest BCUT2D eigenvalue weighted by atomic mass is 16.6. The maximum Gasteiger partial charge on any atom is 0.411 e. The Hall–Kier alpha value is -3.48. The molecule has 3 heterocycles. The largest absolute Gasteiger partial charge is 0.441 e. The fraction of sp³-hybridized carbons (Fsp3) is 0.385. The molecule has 170 valence electrons. The minimum absolute atomic E-state index is 0.109. The first-order valence-electron chi connectivity index (χ1n) is 11.5. The third-order valence-corrected chi connectivity index (χ3v) is 6.91. The predicted molar refractivity (Wildman–Crippen MR) is 125 cm³/mol. The van der Waals surface area contributed by atoms with Gasteiger partial charge in [0.25, 0.3) is 5.56 Å². The normalized spacial score (nSPS) is 24.5. The Morgan fingerprint density at radius 1 is 0.970 bits per heavy atom. The minimum Gasteiger partial charge on any atom is -0.441 e. The van der Waals surface area contributed by atoms with Crippen LogP contribution in [0.1, 0.15) is 62.6 Å². The number of amides is 1. The van der Waals surface area contributed by atoms with Crippen molar-refractivity contribution >= 4 is 6.09 Å². The lowest BCUT2D eigenvalue weighted by Crippen LogP contribution is -2.42. The van der Waals surface area contributed by atoms with E-state index in [4.69, 9.17) is 4.74 Å². The van der Waals surface area contributed by atoms with Crippen LogP contribution >= 0.6 is 0 Å². The fourth-order valence-electron chi connectivity index (χ4n) is 5.36. The Labute approximate surface area is 192 Å². The van der Waals surface area contributed by atoms with E-state index in [1.807, 2.05) is 43.0 Å². The summed E-state index contributed by atoms with van der Waals surface area (Å²) in [5.41, 5.74) is 1.90. The number of carbonyl (C=O) groups excluding carboxylic acids is 1. The maximum atomic E-state index is 12.9. The van der Waals surface area contributed by atoms with E-state index < -0.39 is 5.60 Å². The first kappa shape index (κ1) is 21.4.